The number of nitrogens with zero attached hydrogens (tertiary/aromatic N) is 1. The van der Waals surface area contributed by atoms with Crippen LogP contribution >= 0.6 is 0 Å². The lowest BCUT2D eigenvalue weighted by Crippen LogP contribution is -2.28. The number of aldehydes is 1. The highest BCUT2D eigenvalue weighted by Crippen LogP contribution is 2.26. The lowest BCUT2D eigenvalue weighted by atomic mass is 10.1. The van der Waals surface area contributed by atoms with Crippen molar-refractivity contribution in [2.75, 3.05) is 13.2 Å². The first-order chi connectivity index (χ1) is 7.11. The maximum atomic E-state index is 10.9. The average Bonchev–Trinajstić information content (AvgIpc) is 2.61. The van der Waals surface area contributed by atoms with E-state index in [1.54, 1.807) is 6.92 Å². The molecule has 1 atom stereocenters. The average molecular weight is 213 g/mol. The second-order valence-electron chi connectivity index (χ2n) is 3.35. The van der Waals surface area contributed by atoms with Gasteiger partial charge in [-0.1, -0.05) is 0 Å². The molecule has 1 unspecified atom stereocenters. The highest BCUT2D eigenvalue weighted by molar-refractivity contribution is 5.77. The monoisotopic (exact) mass is 213 g/mol. The molecule has 0 saturated carbocycles. The fourth-order valence-corrected chi connectivity index (χ4v) is 1.77. The number of hydrogen-bond donors (Lipinski definition) is 1. The van der Waals surface area contributed by atoms with Crippen LogP contribution in [0.3, 0.4) is 0 Å². The fourth-order valence-electron chi connectivity index (χ4n) is 1.77. The van der Waals surface area contributed by atoms with Crippen molar-refractivity contribution in [3.63, 3.8) is 0 Å². The van der Waals surface area contributed by atoms with Crippen molar-refractivity contribution in [2.24, 2.45) is 0 Å². The van der Waals surface area contributed by atoms with Crippen LogP contribution in [0, 0.1) is 0 Å². The summed E-state index contributed by atoms with van der Waals surface area (Å²) >= 11 is 0. The zero-order valence-corrected chi connectivity index (χ0v) is 8.90. The first kappa shape index (κ1) is 11.7. The Morgan fingerprint density at radius 1 is 1.73 bits per heavy atom. The molecule has 1 rings (SSSR count). The molecular formula is C10H15NO4. The van der Waals surface area contributed by atoms with Crippen LogP contribution in [-0.2, 0) is 9.53 Å². The molecule has 15 heavy (non-hydrogen) atoms. The van der Waals surface area contributed by atoms with Gasteiger partial charge in [0.2, 0.25) is 0 Å². The van der Waals surface area contributed by atoms with Crippen molar-refractivity contribution in [1.29, 1.82) is 0 Å². The molecule has 0 aromatic rings. The number of ether oxygens (including phenoxy) is 1. The van der Waals surface area contributed by atoms with Crippen LogP contribution in [0.4, 0.5) is 4.79 Å². The third-order valence-corrected chi connectivity index (χ3v) is 2.39. The second-order valence-corrected chi connectivity index (χ2v) is 3.35. The Morgan fingerprint density at radius 3 is 2.87 bits per heavy atom. The van der Waals surface area contributed by atoms with Gasteiger partial charge in [0.05, 0.1) is 11.8 Å². The van der Waals surface area contributed by atoms with Gasteiger partial charge in [-0.2, -0.15) is 0 Å². The molecule has 84 valence electrons. The molecule has 1 aliphatic heterocycles. The van der Waals surface area contributed by atoms with E-state index in [0.29, 0.717) is 37.1 Å². The van der Waals surface area contributed by atoms with Gasteiger partial charge in [0.25, 0.3) is 0 Å². The Labute approximate surface area is 88.3 Å². The summed E-state index contributed by atoms with van der Waals surface area (Å²) in [6.45, 7) is 4.35. The third kappa shape index (κ3) is 2.36. The number of carboxylic acid groups (broad SMARTS) is 1. The summed E-state index contributed by atoms with van der Waals surface area (Å²) in [5.41, 5.74) is 0.910. The van der Waals surface area contributed by atoms with E-state index in [0.717, 1.165) is 0 Å². The zero-order valence-electron chi connectivity index (χ0n) is 8.90. The van der Waals surface area contributed by atoms with E-state index in [1.807, 2.05) is 6.92 Å². The first-order valence-electron chi connectivity index (χ1n) is 4.89. The molecule has 0 aromatic carbocycles. The number of hydrogen-bond acceptors (Lipinski definition) is 3. The fraction of sp³-hybridized carbons (Fsp3) is 0.600. The molecular weight excluding hydrogens is 198 g/mol. The van der Waals surface area contributed by atoms with E-state index in [4.69, 9.17) is 9.84 Å². The summed E-state index contributed by atoms with van der Waals surface area (Å²) in [6, 6.07) is 0. The van der Waals surface area contributed by atoms with E-state index >= 15 is 0 Å². The van der Waals surface area contributed by atoms with Crippen LogP contribution in [0.5, 0.6) is 0 Å². The van der Waals surface area contributed by atoms with Crippen molar-refractivity contribution in [1.82, 2.24) is 4.90 Å². The minimum absolute atomic E-state index is 0.267. The Hall–Kier alpha value is -1.36. The quantitative estimate of drug-likeness (QED) is 0.566. The number of carbonyl (C=O) groups is 2. The lowest BCUT2D eigenvalue weighted by Gasteiger charge is -2.18. The van der Waals surface area contributed by atoms with Gasteiger partial charge in [-0.25, -0.2) is 4.79 Å². The Kier molecular flexibility index (Phi) is 3.85. The molecule has 1 saturated heterocycles. The second kappa shape index (κ2) is 4.93. The Bertz CT molecular complexity index is 298. The van der Waals surface area contributed by atoms with Crippen LogP contribution in [-0.4, -0.2) is 41.6 Å². The SMILES string of the molecule is CCOC1CCN(C(=O)O)C1=C(C)C=O. The number of carbonyl (C=O) groups excluding carboxylic acids is 1. The van der Waals surface area contributed by atoms with Gasteiger partial charge in [-0.15, -0.1) is 0 Å². The summed E-state index contributed by atoms with van der Waals surface area (Å²) < 4.78 is 5.40. The number of allylic oxidation sites excluding steroid dienone is 1. The van der Waals surface area contributed by atoms with Crippen molar-refractivity contribution < 1.29 is 19.4 Å². The van der Waals surface area contributed by atoms with Crippen molar-refractivity contribution in [3.05, 3.63) is 11.3 Å². The van der Waals surface area contributed by atoms with E-state index in [-0.39, 0.29) is 6.10 Å². The molecule has 1 fully saturated rings. The normalized spacial score (nSPS) is 24.1. The van der Waals surface area contributed by atoms with Crippen LogP contribution in [0.1, 0.15) is 20.3 Å². The molecule has 0 aliphatic carbocycles. The van der Waals surface area contributed by atoms with E-state index in [2.05, 4.69) is 0 Å². The molecule has 0 bridgehead atoms. The molecule has 5 heteroatoms. The molecule has 0 aromatic heterocycles. The zero-order chi connectivity index (χ0) is 11.4. The smallest absolute Gasteiger partial charge is 0.411 e. The summed E-state index contributed by atoms with van der Waals surface area (Å²) in [4.78, 5) is 22.8. The van der Waals surface area contributed by atoms with Gasteiger partial charge in [0, 0.05) is 18.7 Å². The predicted molar refractivity (Wildman–Crippen MR) is 53.5 cm³/mol. The van der Waals surface area contributed by atoms with Gasteiger partial charge >= 0.3 is 6.09 Å². The minimum atomic E-state index is -1.03. The van der Waals surface area contributed by atoms with Crippen molar-refractivity contribution >= 4 is 12.4 Å². The molecule has 5 nitrogen and oxygen atoms in total. The summed E-state index contributed by atoms with van der Waals surface area (Å²) in [5.74, 6) is 0. The number of rotatable bonds is 3. The van der Waals surface area contributed by atoms with E-state index in [9.17, 15) is 9.59 Å². The number of amides is 1. The van der Waals surface area contributed by atoms with Gasteiger partial charge in [-0.3, -0.25) is 9.69 Å². The van der Waals surface area contributed by atoms with Crippen LogP contribution in [0.25, 0.3) is 0 Å². The highest BCUT2D eigenvalue weighted by Gasteiger charge is 2.33. The summed E-state index contributed by atoms with van der Waals surface area (Å²) in [6.07, 6.45) is -0.0202. The Morgan fingerprint density at radius 2 is 2.40 bits per heavy atom. The summed E-state index contributed by atoms with van der Waals surface area (Å²) in [5, 5.41) is 8.93. The first-order valence-corrected chi connectivity index (χ1v) is 4.89. The van der Waals surface area contributed by atoms with Crippen LogP contribution in [0.15, 0.2) is 11.3 Å². The van der Waals surface area contributed by atoms with Gasteiger partial charge in [-0.05, 0) is 20.3 Å². The topological polar surface area (TPSA) is 66.8 Å². The molecule has 0 radical (unpaired) electrons. The molecule has 1 amide bonds. The van der Waals surface area contributed by atoms with Crippen LogP contribution in [0.2, 0.25) is 0 Å². The van der Waals surface area contributed by atoms with Crippen LogP contribution < -0.4 is 0 Å². The van der Waals surface area contributed by atoms with Gasteiger partial charge in [0.15, 0.2) is 0 Å². The van der Waals surface area contributed by atoms with E-state index in [1.165, 1.54) is 4.90 Å². The molecule has 0 spiro atoms. The lowest BCUT2D eigenvalue weighted by molar-refractivity contribution is -0.105. The minimum Gasteiger partial charge on any atom is -0.465 e. The maximum absolute atomic E-state index is 10.9. The maximum Gasteiger partial charge on any atom is 0.411 e. The van der Waals surface area contributed by atoms with Gasteiger partial charge in [0.1, 0.15) is 6.29 Å². The predicted octanol–water partition coefficient (Wildman–Crippen LogP) is 1.25. The molecule has 1 heterocycles. The third-order valence-electron chi connectivity index (χ3n) is 2.39. The van der Waals surface area contributed by atoms with Gasteiger partial charge < -0.3 is 9.84 Å². The van der Waals surface area contributed by atoms with Crippen molar-refractivity contribution in [3.8, 4) is 0 Å². The van der Waals surface area contributed by atoms with E-state index < -0.39 is 6.09 Å². The highest BCUT2D eigenvalue weighted by atomic mass is 16.5. The standard InChI is InChI=1S/C10H15NO4/c1-3-15-8-4-5-11(10(13)14)9(8)7(2)6-12/h6,8H,3-5H2,1-2H3,(H,13,14). The Balaban J connectivity index is 2.98. The van der Waals surface area contributed by atoms with Crippen molar-refractivity contribution in [2.45, 2.75) is 26.4 Å². The molecule has 1 aliphatic rings. The summed E-state index contributed by atoms with van der Waals surface area (Å²) in [7, 11) is 0. The largest absolute Gasteiger partial charge is 0.465 e. The number of likely N-dealkylation sites (tertiary alicyclic amines) is 1. The molecule has 1 N–H and O–H groups in total.